The third kappa shape index (κ3) is 4.84. The fraction of sp³-hybridized carbons (Fsp3) is 0.727. The first kappa shape index (κ1) is 17.1. The molecule has 0 atom stereocenters. The van der Waals surface area contributed by atoms with Gasteiger partial charge in [0.1, 0.15) is 10.6 Å². The van der Waals surface area contributed by atoms with Gasteiger partial charge in [0.05, 0.1) is 25.5 Å². The molecule has 0 aliphatic heterocycles. The smallest absolute Gasteiger partial charge is 0.244 e. The number of rotatable bonds is 10. The second-order valence-electron chi connectivity index (χ2n) is 4.14. The molecule has 0 fully saturated rings. The molecule has 0 saturated carbocycles. The fourth-order valence-electron chi connectivity index (χ4n) is 1.63. The third-order valence-corrected chi connectivity index (χ3v) is 4.23. The number of hydrogen-bond acceptors (Lipinski definition) is 6. The molecule has 0 amide bonds. The number of ether oxygens (including phenoxy) is 2. The van der Waals surface area contributed by atoms with Crippen LogP contribution < -0.4 is 4.72 Å². The number of nitrogens with zero attached hydrogens (tertiary/aromatic N) is 1. The molecule has 1 aromatic heterocycles. The van der Waals surface area contributed by atoms with E-state index in [4.69, 9.17) is 14.6 Å². The van der Waals surface area contributed by atoms with Gasteiger partial charge in [0.2, 0.25) is 10.0 Å². The Morgan fingerprint density at radius 1 is 1.35 bits per heavy atom. The van der Waals surface area contributed by atoms with E-state index in [2.05, 4.69) is 14.9 Å². The highest BCUT2D eigenvalue weighted by atomic mass is 32.2. The van der Waals surface area contributed by atoms with Crippen molar-refractivity contribution in [3.8, 4) is 0 Å². The summed E-state index contributed by atoms with van der Waals surface area (Å²) in [6.45, 7) is 2.86. The molecule has 116 valence electrons. The van der Waals surface area contributed by atoms with Crippen molar-refractivity contribution in [1.82, 2.24) is 14.9 Å². The summed E-state index contributed by atoms with van der Waals surface area (Å²) in [5.74, 6) is 0. The minimum absolute atomic E-state index is 0.0142. The molecule has 1 heterocycles. The third-order valence-electron chi connectivity index (χ3n) is 2.57. The van der Waals surface area contributed by atoms with Crippen LogP contribution in [-0.2, 0) is 26.1 Å². The average molecular weight is 307 g/mol. The lowest BCUT2D eigenvalue weighted by molar-refractivity contribution is 0.0699. The number of sulfonamides is 1. The molecule has 0 aliphatic carbocycles. The first-order valence-electron chi connectivity index (χ1n) is 6.24. The van der Waals surface area contributed by atoms with Crippen molar-refractivity contribution >= 4 is 10.0 Å². The standard InChI is InChI=1S/C11H21N3O5S/c1-9-11(10(8-15)14-13-9)20(16,17)12-4-3-5-19-7-6-18-2/h12,15H,3-8H2,1-2H3,(H,13,14). The van der Waals surface area contributed by atoms with Crippen LogP contribution in [-0.4, -0.2) is 57.2 Å². The minimum atomic E-state index is -3.67. The second kappa shape index (κ2) is 8.32. The van der Waals surface area contributed by atoms with E-state index in [9.17, 15) is 8.42 Å². The number of H-pyrrole nitrogens is 1. The second-order valence-corrected chi connectivity index (χ2v) is 5.84. The molecule has 0 spiro atoms. The summed E-state index contributed by atoms with van der Waals surface area (Å²) in [5, 5.41) is 15.4. The monoisotopic (exact) mass is 307 g/mol. The molecule has 0 bridgehead atoms. The molecule has 0 radical (unpaired) electrons. The molecular formula is C11H21N3O5S. The Kier molecular flexibility index (Phi) is 7.10. The van der Waals surface area contributed by atoms with Gasteiger partial charge in [0.15, 0.2) is 0 Å². The lowest BCUT2D eigenvalue weighted by atomic mass is 10.4. The van der Waals surface area contributed by atoms with E-state index in [1.54, 1.807) is 14.0 Å². The van der Waals surface area contributed by atoms with E-state index >= 15 is 0 Å². The zero-order valence-corrected chi connectivity index (χ0v) is 12.5. The molecule has 20 heavy (non-hydrogen) atoms. The summed E-state index contributed by atoms with van der Waals surface area (Å²) in [6, 6.07) is 0. The van der Waals surface area contributed by atoms with Gasteiger partial charge < -0.3 is 14.6 Å². The number of aromatic nitrogens is 2. The zero-order chi connectivity index (χ0) is 15.0. The largest absolute Gasteiger partial charge is 0.390 e. The van der Waals surface area contributed by atoms with Gasteiger partial charge in [-0.15, -0.1) is 0 Å². The van der Waals surface area contributed by atoms with Crippen molar-refractivity contribution in [3.63, 3.8) is 0 Å². The average Bonchev–Trinajstić information content (AvgIpc) is 2.79. The van der Waals surface area contributed by atoms with E-state index in [1.165, 1.54) is 0 Å². The van der Waals surface area contributed by atoms with Crippen molar-refractivity contribution in [3.05, 3.63) is 11.4 Å². The molecule has 9 heteroatoms. The summed E-state index contributed by atoms with van der Waals surface area (Å²) in [7, 11) is -2.08. The highest BCUT2D eigenvalue weighted by Crippen LogP contribution is 2.17. The van der Waals surface area contributed by atoms with Gasteiger partial charge in [-0.25, -0.2) is 13.1 Å². The number of methoxy groups -OCH3 is 1. The van der Waals surface area contributed by atoms with E-state index < -0.39 is 16.6 Å². The molecular weight excluding hydrogens is 286 g/mol. The van der Waals surface area contributed by atoms with Crippen molar-refractivity contribution in [2.75, 3.05) is 33.5 Å². The number of aliphatic hydroxyl groups excluding tert-OH is 1. The Balaban J connectivity index is 2.44. The molecule has 1 aromatic rings. The Morgan fingerprint density at radius 2 is 2.10 bits per heavy atom. The van der Waals surface area contributed by atoms with E-state index in [0.29, 0.717) is 31.9 Å². The van der Waals surface area contributed by atoms with Crippen LogP contribution in [0.4, 0.5) is 0 Å². The van der Waals surface area contributed by atoms with Gasteiger partial charge in [-0.05, 0) is 13.3 Å². The Bertz CT molecular complexity index is 500. The molecule has 8 nitrogen and oxygen atoms in total. The molecule has 0 unspecified atom stereocenters. The Labute approximate surface area is 118 Å². The van der Waals surface area contributed by atoms with Crippen LogP contribution in [0.1, 0.15) is 17.8 Å². The van der Waals surface area contributed by atoms with Crippen LogP contribution in [0.25, 0.3) is 0 Å². The molecule has 0 aromatic carbocycles. The van der Waals surface area contributed by atoms with Gasteiger partial charge in [-0.3, -0.25) is 5.10 Å². The van der Waals surface area contributed by atoms with Crippen molar-refractivity contribution in [2.45, 2.75) is 24.8 Å². The minimum Gasteiger partial charge on any atom is -0.390 e. The molecule has 0 saturated heterocycles. The summed E-state index contributed by atoms with van der Waals surface area (Å²) in [5.41, 5.74) is 0.518. The van der Waals surface area contributed by atoms with E-state index in [0.717, 1.165) is 0 Å². The van der Waals surface area contributed by atoms with Crippen molar-refractivity contribution in [2.24, 2.45) is 0 Å². The van der Waals surface area contributed by atoms with Crippen LogP contribution in [0.2, 0.25) is 0 Å². The van der Waals surface area contributed by atoms with Crippen LogP contribution in [0, 0.1) is 6.92 Å². The first-order valence-corrected chi connectivity index (χ1v) is 7.72. The van der Waals surface area contributed by atoms with Gasteiger partial charge >= 0.3 is 0 Å². The summed E-state index contributed by atoms with van der Waals surface area (Å²) >= 11 is 0. The van der Waals surface area contributed by atoms with Gasteiger partial charge in [0.25, 0.3) is 0 Å². The van der Waals surface area contributed by atoms with Gasteiger partial charge in [-0.1, -0.05) is 0 Å². The normalized spacial score (nSPS) is 11.9. The van der Waals surface area contributed by atoms with Crippen LogP contribution in [0.5, 0.6) is 0 Å². The highest BCUT2D eigenvalue weighted by Gasteiger charge is 2.23. The highest BCUT2D eigenvalue weighted by molar-refractivity contribution is 7.89. The van der Waals surface area contributed by atoms with Crippen molar-refractivity contribution < 1.29 is 23.0 Å². The molecule has 3 N–H and O–H groups in total. The fourth-order valence-corrected chi connectivity index (χ4v) is 3.06. The van der Waals surface area contributed by atoms with E-state index in [1.807, 2.05) is 0 Å². The van der Waals surface area contributed by atoms with Crippen LogP contribution in [0.3, 0.4) is 0 Å². The number of hydrogen-bond donors (Lipinski definition) is 3. The zero-order valence-electron chi connectivity index (χ0n) is 11.7. The predicted octanol–water partition coefficient (Wildman–Crippen LogP) is -0.458. The maximum atomic E-state index is 12.1. The number of aliphatic hydroxyl groups is 1. The quantitative estimate of drug-likeness (QED) is 0.504. The Hall–Kier alpha value is -1.00. The van der Waals surface area contributed by atoms with Crippen molar-refractivity contribution in [1.29, 1.82) is 0 Å². The van der Waals surface area contributed by atoms with Crippen LogP contribution in [0.15, 0.2) is 4.90 Å². The van der Waals surface area contributed by atoms with Crippen LogP contribution >= 0.6 is 0 Å². The lowest BCUT2D eigenvalue weighted by Gasteiger charge is -2.07. The topological polar surface area (TPSA) is 114 Å². The Morgan fingerprint density at radius 3 is 2.75 bits per heavy atom. The summed E-state index contributed by atoms with van der Waals surface area (Å²) in [4.78, 5) is 0.0142. The van der Waals surface area contributed by atoms with Gasteiger partial charge in [-0.2, -0.15) is 5.10 Å². The number of nitrogens with one attached hydrogen (secondary N) is 2. The van der Waals surface area contributed by atoms with Gasteiger partial charge in [0, 0.05) is 20.3 Å². The van der Waals surface area contributed by atoms with E-state index in [-0.39, 0.29) is 17.1 Å². The number of aromatic amines is 1. The lowest BCUT2D eigenvalue weighted by Crippen LogP contribution is -2.27. The predicted molar refractivity (Wildman–Crippen MR) is 71.7 cm³/mol. The molecule has 1 rings (SSSR count). The maximum Gasteiger partial charge on any atom is 0.244 e. The first-order chi connectivity index (χ1) is 9.53. The maximum absolute atomic E-state index is 12.1. The number of aryl methyl sites for hydroxylation is 1. The summed E-state index contributed by atoms with van der Waals surface area (Å²) in [6.07, 6.45) is 0.550. The SMILES string of the molecule is COCCOCCCNS(=O)(=O)c1c(CO)n[nH]c1C. The molecule has 0 aliphatic rings. The summed E-state index contributed by atoms with van der Waals surface area (Å²) < 4.78 is 36.7.